The van der Waals surface area contributed by atoms with Crippen molar-refractivity contribution in [3.63, 3.8) is 0 Å². The number of ether oxygens (including phenoxy) is 1. The predicted octanol–water partition coefficient (Wildman–Crippen LogP) is 5.23. The maximum absolute atomic E-state index is 11.9. The van der Waals surface area contributed by atoms with Crippen molar-refractivity contribution in [2.75, 3.05) is 7.11 Å². The minimum absolute atomic E-state index is 0.0253. The second kappa shape index (κ2) is 6.77. The van der Waals surface area contributed by atoms with E-state index in [2.05, 4.69) is 37.3 Å². The second-order valence-electron chi connectivity index (χ2n) is 9.83. The van der Waals surface area contributed by atoms with E-state index in [1.807, 2.05) is 12.1 Å². The summed E-state index contributed by atoms with van der Waals surface area (Å²) in [6.07, 6.45) is 7.11. The van der Waals surface area contributed by atoms with Gasteiger partial charge in [0.1, 0.15) is 0 Å². The molecule has 0 aliphatic heterocycles. The number of fused-ring (bicyclic) bond motifs is 5. The number of hydrogen-bond donors (Lipinski definition) is 2. The van der Waals surface area contributed by atoms with E-state index >= 15 is 0 Å². The summed E-state index contributed by atoms with van der Waals surface area (Å²) in [5, 5.41) is 22.1. The van der Waals surface area contributed by atoms with Crippen LogP contribution >= 0.6 is 0 Å². The molecule has 29 heavy (non-hydrogen) atoms. The molecule has 0 heterocycles. The number of aryl methyl sites for hydroxylation is 1. The van der Waals surface area contributed by atoms with Crippen LogP contribution in [0.25, 0.3) is 0 Å². The summed E-state index contributed by atoms with van der Waals surface area (Å²) in [6.45, 7) is 2.36. The van der Waals surface area contributed by atoms with Crippen LogP contribution < -0.4 is 4.74 Å². The van der Waals surface area contributed by atoms with Crippen molar-refractivity contribution >= 4 is 0 Å². The predicted molar refractivity (Wildman–Crippen MR) is 114 cm³/mol. The van der Waals surface area contributed by atoms with Gasteiger partial charge < -0.3 is 14.9 Å². The van der Waals surface area contributed by atoms with Crippen molar-refractivity contribution in [2.45, 2.75) is 63.4 Å². The van der Waals surface area contributed by atoms with Gasteiger partial charge in [-0.15, -0.1) is 0 Å². The number of hydrogen-bond acceptors (Lipinski definition) is 3. The molecular formula is C26H32O3. The van der Waals surface area contributed by atoms with Gasteiger partial charge in [-0.25, -0.2) is 0 Å². The Morgan fingerprint density at radius 2 is 1.86 bits per heavy atom. The summed E-state index contributed by atoms with van der Waals surface area (Å²) in [5.41, 5.74) is 3.26. The number of aromatic hydroxyl groups is 1. The fraction of sp³-hybridized carbons (Fsp3) is 0.538. The number of phenolic OH excluding ortho intramolecular Hbond substituents is 1. The van der Waals surface area contributed by atoms with Gasteiger partial charge in [-0.3, -0.25) is 0 Å². The van der Waals surface area contributed by atoms with E-state index in [1.54, 1.807) is 7.11 Å². The number of benzene rings is 2. The van der Waals surface area contributed by atoms with Crippen LogP contribution in [0, 0.1) is 17.3 Å². The lowest BCUT2D eigenvalue weighted by atomic mass is 9.52. The van der Waals surface area contributed by atoms with Crippen molar-refractivity contribution in [1.29, 1.82) is 0 Å². The molecule has 5 rings (SSSR count). The van der Waals surface area contributed by atoms with Gasteiger partial charge in [0.15, 0.2) is 11.5 Å². The molecule has 0 aromatic heterocycles. The molecule has 0 spiro atoms. The Morgan fingerprint density at radius 3 is 2.62 bits per heavy atom. The van der Waals surface area contributed by atoms with E-state index in [-0.39, 0.29) is 11.2 Å². The van der Waals surface area contributed by atoms with Gasteiger partial charge in [0, 0.05) is 6.42 Å². The molecule has 2 aromatic carbocycles. The Kier molecular flexibility index (Phi) is 4.43. The number of phenols is 1. The Balaban J connectivity index is 1.46. The topological polar surface area (TPSA) is 49.7 Å². The molecule has 0 amide bonds. The van der Waals surface area contributed by atoms with E-state index in [9.17, 15) is 10.2 Å². The monoisotopic (exact) mass is 392 g/mol. The van der Waals surface area contributed by atoms with E-state index in [0.29, 0.717) is 23.5 Å². The van der Waals surface area contributed by atoms with Crippen molar-refractivity contribution < 1.29 is 14.9 Å². The van der Waals surface area contributed by atoms with Crippen LogP contribution in [0.5, 0.6) is 11.5 Å². The van der Waals surface area contributed by atoms with Crippen molar-refractivity contribution in [3.05, 3.63) is 59.2 Å². The Morgan fingerprint density at radius 1 is 1.07 bits per heavy atom. The summed E-state index contributed by atoms with van der Waals surface area (Å²) in [5.74, 6) is 2.53. The molecule has 5 atom stereocenters. The van der Waals surface area contributed by atoms with Gasteiger partial charge in [0.2, 0.25) is 0 Å². The zero-order chi connectivity index (χ0) is 20.2. The molecule has 3 aliphatic rings. The van der Waals surface area contributed by atoms with E-state index in [0.717, 1.165) is 44.9 Å². The molecule has 0 bridgehead atoms. The number of rotatable bonds is 3. The molecule has 0 radical (unpaired) electrons. The van der Waals surface area contributed by atoms with Crippen LogP contribution in [0.3, 0.4) is 0 Å². The molecule has 1 unspecified atom stereocenters. The molecule has 2 fully saturated rings. The third kappa shape index (κ3) is 2.81. The minimum atomic E-state index is -0.614. The summed E-state index contributed by atoms with van der Waals surface area (Å²) in [4.78, 5) is 0. The Labute approximate surface area is 173 Å². The van der Waals surface area contributed by atoms with Gasteiger partial charge in [-0.1, -0.05) is 37.3 Å². The molecule has 3 aliphatic carbocycles. The summed E-state index contributed by atoms with van der Waals surface area (Å²) < 4.78 is 5.41. The first-order valence-electron chi connectivity index (χ1n) is 11.1. The van der Waals surface area contributed by atoms with Crippen LogP contribution in [0.4, 0.5) is 0 Å². The summed E-state index contributed by atoms with van der Waals surface area (Å²) in [6, 6.07) is 14.5. The van der Waals surface area contributed by atoms with Crippen LogP contribution in [0.1, 0.15) is 61.6 Å². The molecule has 2 aromatic rings. The molecule has 0 saturated heterocycles. The van der Waals surface area contributed by atoms with Crippen molar-refractivity contribution in [2.24, 2.45) is 17.3 Å². The maximum atomic E-state index is 11.9. The van der Waals surface area contributed by atoms with E-state index in [1.165, 1.54) is 16.7 Å². The lowest BCUT2D eigenvalue weighted by molar-refractivity contribution is -0.102. The van der Waals surface area contributed by atoms with Crippen molar-refractivity contribution in [1.82, 2.24) is 0 Å². The van der Waals surface area contributed by atoms with Crippen LogP contribution in [-0.2, 0) is 12.8 Å². The van der Waals surface area contributed by atoms with E-state index < -0.39 is 5.60 Å². The lowest BCUT2D eigenvalue weighted by Crippen LogP contribution is -2.51. The van der Waals surface area contributed by atoms with Crippen LogP contribution in [0.15, 0.2) is 42.5 Å². The first-order chi connectivity index (χ1) is 13.9. The SMILES string of the molecule is COc1cc2c(cc1O)CC[C@@H]1[C@@H]2CC[C@@]2(C)[C@H]1CCC2(O)Cc1ccccc1. The fourth-order valence-corrected chi connectivity index (χ4v) is 7.09. The highest BCUT2D eigenvalue weighted by Crippen LogP contribution is 2.65. The zero-order valence-corrected chi connectivity index (χ0v) is 17.5. The maximum Gasteiger partial charge on any atom is 0.160 e. The van der Waals surface area contributed by atoms with Crippen molar-refractivity contribution in [3.8, 4) is 11.5 Å². The highest BCUT2D eigenvalue weighted by atomic mass is 16.5. The quantitative estimate of drug-likeness (QED) is 0.752. The highest BCUT2D eigenvalue weighted by Gasteiger charge is 2.61. The smallest absolute Gasteiger partial charge is 0.160 e. The average molecular weight is 393 g/mol. The average Bonchev–Trinajstić information content (AvgIpc) is 2.98. The van der Waals surface area contributed by atoms with Gasteiger partial charge >= 0.3 is 0 Å². The minimum Gasteiger partial charge on any atom is -0.504 e. The third-order valence-corrected chi connectivity index (χ3v) is 8.69. The van der Waals surface area contributed by atoms with Crippen LogP contribution in [-0.4, -0.2) is 22.9 Å². The normalized spacial score (nSPS) is 35.5. The van der Waals surface area contributed by atoms with Gasteiger partial charge in [0.25, 0.3) is 0 Å². The molecule has 3 nitrogen and oxygen atoms in total. The third-order valence-electron chi connectivity index (χ3n) is 8.69. The van der Waals surface area contributed by atoms with Crippen LogP contribution in [0.2, 0.25) is 0 Å². The molecule has 154 valence electrons. The first-order valence-corrected chi connectivity index (χ1v) is 11.1. The number of methoxy groups -OCH3 is 1. The molecule has 2 N–H and O–H groups in total. The zero-order valence-electron chi connectivity index (χ0n) is 17.5. The summed E-state index contributed by atoms with van der Waals surface area (Å²) in [7, 11) is 1.63. The standard InChI is InChI=1S/C26H32O3/c1-25-12-10-19-20(9-8-18-14-23(27)24(29-2)15-21(18)19)22(25)11-13-26(25,28)16-17-6-4-3-5-7-17/h3-7,14-15,19-20,22,27-28H,8-13,16H2,1-2H3/t19-,20+,22-,25-,26?/m0/s1. The van der Waals surface area contributed by atoms with Gasteiger partial charge in [-0.05, 0) is 90.5 Å². The number of aliphatic hydroxyl groups is 1. The molecule has 2 saturated carbocycles. The first kappa shape index (κ1) is 19.0. The van der Waals surface area contributed by atoms with Gasteiger partial charge in [0.05, 0.1) is 12.7 Å². The van der Waals surface area contributed by atoms with E-state index in [4.69, 9.17) is 4.74 Å². The second-order valence-corrected chi connectivity index (χ2v) is 9.83. The largest absolute Gasteiger partial charge is 0.504 e. The lowest BCUT2D eigenvalue weighted by Gasteiger charge is -2.53. The Hall–Kier alpha value is -2.00. The molecule has 3 heteroatoms. The Bertz CT molecular complexity index is 908. The summed E-state index contributed by atoms with van der Waals surface area (Å²) >= 11 is 0. The highest BCUT2D eigenvalue weighted by molar-refractivity contribution is 5.49. The molecular weight excluding hydrogens is 360 g/mol. The fourth-order valence-electron chi connectivity index (χ4n) is 7.09. The van der Waals surface area contributed by atoms with Gasteiger partial charge in [-0.2, -0.15) is 0 Å².